The highest BCUT2D eigenvalue weighted by atomic mass is 79.9. The fourth-order valence-electron chi connectivity index (χ4n) is 1.67. The van der Waals surface area contributed by atoms with Crippen LogP contribution in [0.15, 0.2) is 45.8 Å². The lowest BCUT2D eigenvalue weighted by Gasteiger charge is -2.11. The Morgan fingerprint density at radius 2 is 1.71 bits per heavy atom. The number of halogens is 3. The standard InChI is InChI=1S/C13H10BrF2NO3S/c14-12-2-1-8(7-18)3-13(12)21(19,20)17-11-5-9(15)4-10(16)6-11/h1-6,17-18H,7H2. The van der Waals surface area contributed by atoms with Gasteiger partial charge in [0.2, 0.25) is 0 Å². The number of aliphatic hydroxyl groups excluding tert-OH is 1. The van der Waals surface area contributed by atoms with Crippen molar-refractivity contribution in [3.8, 4) is 0 Å². The molecule has 0 aliphatic carbocycles. The zero-order valence-electron chi connectivity index (χ0n) is 10.5. The van der Waals surface area contributed by atoms with Crippen LogP contribution in [0.2, 0.25) is 0 Å². The number of anilines is 1. The van der Waals surface area contributed by atoms with Gasteiger partial charge in [0.15, 0.2) is 0 Å². The fourth-order valence-corrected chi connectivity index (χ4v) is 3.73. The van der Waals surface area contributed by atoms with Crippen molar-refractivity contribution < 1.29 is 22.3 Å². The Bertz CT molecular complexity index is 761. The maximum atomic E-state index is 13.1. The highest BCUT2D eigenvalue weighted by molar-refractivity contribution is 9.10. The van der Waals surface area contributed by atoms with E-state index < -0.39 is 21.7 Å². The molecular weight excluding hydrogens is 368 g/mol. The average molecular weight is 378 g/mol. The zero-order chi connectivity index (χ0) is 15.6. The molecular formula is C13H10BrF2NO3S. The van der Waals surface area contributed by atoms with Crippen LogP contribution in [-0.4, -0.2) is 13.5 Å². The van der Waals surface area contributed by atoms with Gasteiger partial charge in [0.25, 0.3) is 10.0 Å². The summed E-state index contributed by atoms with van der Waals surface area (Å²) in [4.78, 5) is -0.140. The molecule has 2 N–H and O–H groups in total. The summed E-state index contributed by atoms with van der Waals surface area (Å²) >= 11 is 3.09. The van der Waals surface area contributed by atoms with E-state index >= 15 is 0 Å². The molecule has 0 heterocycles. The van der Waals surface area contributed by atoms with E-state index in [2.05, 4.69) is 20.7 Å². The molecule has 0 aliphatic heterocycles. The fraction of sp³-hybridized carbons (Fsp3) is 0.0769. The molecule has 0 bridgehead atoms. The smallest absolute Gasteiger partial charge is 0.263 e. The lowest BCUT2D eigenvalue weighted by molar-refractivity contribution is 0.281. The third-order valence-corrected chi connectivity index (χ3v) is 4.96. The summed E-state index contributed by atoms with van der Waals surface area (Å²) < 4.78 is 53.0. The minimum absolute atomic E-state index is 0.140. The van der Waals surface area contributed by atoms with Gasteiger partial charge in [0.1, 0.15) is 16.5 Å². The van der Waals surface area contributed by atoms with Crippen LogP contribution in [0.4, 0.5) is 14.5 Å². The predicted molar refractivity (Wildman–Crippen MR) is 77.2 cm³/mol. The van der Waals surface area contributed by atoms with Crippen molar-refractivity contribution in [1.82, 2.24) is 0 Å². The molecule has 0 fully saturated rings. The zero-order valence-corrected chi connectivity index (χ0v) is 12.9. The van der Waals surface area contributed by atoms with Gasteiger partial charge in [-0.25, -0.2) is 17.2 Å². The van der Waals surface area contributed by atoms with Gasteiger partial charge in [-0.1, -0.05) is 6.07 Å². The maximum absolute atomic E-state index is 13.1. The van der Waals surface area contributed by atoms with Gasteiger partial charge in [-0.05, 0) is 45.8 Å². The summed E-state index contributed by atoms with van der Waals surface area (Å²) in [5.41, 5.74) is 0.165. The SMILES string of the molecule is O=S(=O)(Nc1cc(F)cc(F)c1)c1cc(CO)ccc1Br. The first-order chi connectivity index (χ1) is 9.81. The lowest BCUT2D eigenvalue weighted by Crippen LogP contribution is -2.14. The number of rotatable bonds is 4. The second kappa shape index (κ2) is 6.08. The first-order valence-corrected chi connectivity index (χ1v) is 7.97. The van der Waals surface area contributed by atoms with Crippen LogP contribution in [0, 0.1) is 11.6 Å². The second-order valence-electron chi connectivity index (χ2n) is 4.19. The molecule has 0 saturated carbocycles. The summed E-state index contributed by atoms with van der Waals surface area (Å²) in [5.74, 6) is -1.79. The van der Waals surface area contributed by atoms with Crippen molar-refractivity contribution in [1.29, 1.82) is 0 Å². The molecule has 0 radical (unpaired) electrons. The highest BCUT2D eigenvalue weighted by Crippen LogP contribution is 2.26. The molecule has 112 valence electrons. The maximum Gasteiger partial charge on any atom is 0.263 e. The number of sulfonamides is 1. The number of aliphatic hydroxyl groups is 1. The van der Waals surface area contributed by atoms with Crippen LogP contribution >= 0.6 is 15.9 Å². The van der Waals surface area contributed by atoms with Crippen molar-refractivity contribution in [3.63, 3.8) is 0 Å². The molecule has 2 aromatic carbocycles. The molecule has 0 amide bonds. The summed E-state index contributed by atoms with van der Waals surface area (Å²) in [7, 11) is -4.05. The normalized spacial score (nSPS) is 11.4. The Hall–Kier alpha value is -1.51. The van der Waals surface area contributed by atoms with E-state index in [1.807, 2.05) is 0 Å². The molecule has 0 spiro atoms. The van der Waals surface area contributed by atoms with Crippen molar-refractivity contribution in [3.05, 3.63) is 58.1 Å². The number of benzene rings is 2. The van der Waals surface area contributed by atoms with E-state index in [-0.39, 0.29) is 21.7 Å². The van der Waals surface area contributed by atoms with Gasteiger partial charge in [0, 0.05) is 10.5 Å². The van der Waals surface area contributed by atoms with E-state index in [4.69, 9.17) is 5.11 Å². The monoisotopic (exact) mass is 377 g/mol. The molecule has 0 saturated heterocycles. The Morgan fingerprint density at radius 3 is 2.29 bits per heavy atom. The quantitative estimate of drug-likeness (QED) is 0.860. The van der Waals surface area contributed by atoms with Gasteiger partial charge >= 0.3 is 0 Å². The van der Waals surface area contributed by atoms with Crippen molar-refractivity contribution in [2.45, 2.75) is 11.5 Å². The highest BCUT2D eigenvalue weighted by Gasteiger charge is 2.19. The van der Waals surface area contributed by atoms with Gasteiger partial charge in [-0.2, -0.15) is 0 Å². The Labute approximate surface area is 128 Å². The topological polar surface area (TPSA) is 66.4 Å². The Kier molecular flexibility index (Phi) is 4.60. The number of hydrogen-bond acceptors (Lipinski definition) is 3. The van der Waals surface area contributed by atoms with Crippen molar-refractivity contribution >= 4 is 31.6 Å². The van der Waals surface area contributed by atoms with E-state index in [9.17, 15) is 17.2 Å². The third-order valence-electron chi connectivity index (χ3n) is 2.58. The largest absolute Gasteiger partial charge is 0.392 e. The first-order valence-electron chi connectivity index (χ1n) is 5.70. The molecule has 21 heavy (non-hydrogen) atoms. The van der Waals surface area contributed by atoms with Crippen LogP contribution in [0.3, 0.4) is 0 Å². The molecule has 0 unspecified atom stereocenters. The van der Waals surface area contributed by atoms with Crippen LogP contribution in [0.1, 0.15) is 5.56 Å². The van der Waals surface area contributed by atoms with Gasteiger partial charge in [-0.3, -0.25) is 4.72 Å². The first kappa shape index (κ1) is 15.9. The van der Waals surface area contributed by atoms with Crippen LogP contribution in [0.25, 0.3) is 0 Å². The summed E-state index contributed by atoms with van der Waals surface area (Å²) in [6.07, 6.45) is 0. The molecule has 2 rings (SSSR count). The van der Waals surface area contributed by atoms with Gasteiger partial charge in [0.05, 0.1) is 12.3 Å². The Morgan fingerprint density at radius 1 is 1.10 bits per heavy atom. The molecule has 4 nitrogen and oxygen atoms in total. The molecule has 0 aliphatic rings. The summed E-state index contributed by atoms with van der Waals surface area (Å²) in [6, 6.07) is 6.65. The summed E-state index contributed by atoms with van der Waals surface area (Å²) in [5, 5.41) is 9.05. The number of hydrogen-bond donors (Lipinski definition) is 2. The van der Waals surface area contributed by atoms with E-state index in [1.165, 1.54) is 12.1 Å². The molecule has 2 aromatic rings. The van der Waals surface area contributed by atoms with E-state index in [0.29, 0.717) is 11.6 Å². The van der Waals surface area contributed by atoms with E-state index in [0.717, 1.165) is 12.1 Å². The van der Waals surface area contributed by atoms with E-state index in [1.54, 1.807) is 6.07 Å². The molecule has 0 atom stereocenters. The van der Waals surface area contributed by atoms with Gasteiger partial charge in [-0.15, -0.1) is 0 Å². The molecule has 8 heteroatoms. The average Bonchev–Trinajstić information content (AvgIpc) is 2.37. The Balaban J connectivity index is 2.42. The predicted octanol–water partition coefficient (Wildman–Crippen LogP) is 3.02. The lowest BCUT2D eigenvalue weighted by atomic mass is 10.2. The van der Waals surface area contributed by atoms with Crippen LogP contribution in [-0.2, 0) is 16.6 Å². The van der Waals surface area contributed by atoms with Crippen LogP contribution in [0.5, 0.6) is 0 Å². The minimum Gasteiger partial charge on any atom is -0.392 e. The third kappa shape index (κ3) is 3.78. The van der Waals surface area contributed by atoms with Crippen molar-refractivity contribution in [2.75, 3.05) is 4.72 Å². The number of nitrogens with one attached hydrogen (secondary N) is 1. The summed E-state index contributed by atoms with van der Waals surface area (Å²) in [6.45, 7) is -0.329. The second-order valence-corrected chi connectivity index (χ2v) is 6.69. The van der Waals surface area contributed by atoms with Crippen molar-refractivity contribution in [2.24, 2.45) is 0 Å². The molecule has 0 aromatic heterocycles. The van der Waals surface area contributed by atoms with Gasteiger partial charge < -0.3 is 5.11 Å². The van der Waals surface area contributed by atoms with Crippen LogP contribution < -0.4 is 4.72 Å². The minimum atomic E-state index is -4.05.